The van der Waals surface area contributed by atoms with E-state index < -0.39 is 10.1 Å². The molecule has 0 aliphatic carbocycles. The van der Waals surface area contributed by atoms with E-state index in [1.807, 2.05) is 0 Å². The summed E-state index contributed by atoms with van der Waals surface area (Å²) in [5.74, 6) is 0. The second kappa shape index (κ2) is 9.98. The molecule has 1 aromatic rings. The van der Waals surface area contributed by atoms with Crippen LogP contribution in [0.15, 0.2) is 35.2 Å². The van der Waals surface area contributed by atoms with Gasteiger partial charge < -0.3 is 0 Å². The molecule has 5 heteroatoms. The van der Waals surface area contributed by atoms with Crippen LogP contribution in [0, 0.1) is 0 Å². The molecule has 98 valence electrons. The predicted molar refractivity (Wildman–Crippen MR) is 75.5 cm³/mol. The number of benzene rings is 1. The van der Waals surface area contributed by atoms with Gasteiger partial charge in [-0.1, -0.05) is 50.8 Å². The van der Waals surface area contributed by atoms with E-state index in [2.05, 4.69) is 6.92 Å². The molecule has 0 unspecified atom stereocenters. The Morgan fingerprint density at radius 1 is 1.00 bits per heavy atom. The molecule has 0 aromatic heterocycles. The molecule has 3 nitrogen and oxygen atoms in total. The molecule has 0 atom stereocenters. The van der Waals surface area contributed by atoms with E-state index in [1.165, 1.54) is 12.8 Å². The normalized spacial score (nSPS) is 10.9. The van der Waals surface area contributed by atoms with E-state index >= 15 is 0 Å². The molecule has 0 saturated heterocycles. The van der Waals surface area contributed by atoms with Gasteiger partial charge in [0, 0.05) is 0 Å². The number of hydrogen-bond donors (Lipinski definition) is 0. The van der Waals surface area contributed by atoms with Crippen LogP contribution in [0.2, 0.25) is 0 Å². The maximum absolute atomic E-state index is 11.7. The van der Waals surface area contributed by atoms with E-state index in [9.17, 15) is 8.42 Å². The zero-order chi connectivity index (χ0) is 12.6. The molecule has 0 heterocycles. The third-order valence-electron chi connectivity index (χ3n) is 2.52. The standard InChI is InChI=1S/C13H20O3S.Na.H/c1-2-3-4-5-9-12-16-17(14,15)13-10-7-6-8-11-13;;/h6-8,10-11H,2-5,9,12H2,1H3;;. The molecule has 1 rings (SSSR count). The quantitative estimate of drug-likeness (QED) is 0.418. The SMILES string of the molecule is CCCCCCCOS(=O)(=O)c1ccccc1.[NaH]. The fourth-order valence-electron chi connectivity index (χ4n) is 1.53. The second-order valence-corrected chi connectivity index (χ2v) is 5.62. The summed E-state index contributed by atoms with van der Waals surface area (Å²) in [4.78, 5) is 0.230. The Morgan fingerprint density at radius 2 is 1.61 bits per heavy atom. The first-order chi connectivity index (χ1) is 8.17. The molecule has 0 aliphatic heterocycles. The Balaban J connectivity index is 0.00000289. The van der Waals surface area contributed by atoms with Crippen LogP contribution in [0.1, 0.15) is 39.0 Å². The summed E-state index contributed by atoms with van der Waals surface area (Å²) in [6, 6.07) is 8.26. The summed E-state index contributed by atoms with van der Waals surface area (Å²) < 4.78 is 28.4. The molecule has 0 bridgehead atoms. The predicted octanol–water partition coefficient (Wildman–Crippen LogP) is 2.71. The molecule has 0 amide bonds. The Kier molecular flexibility index (Phi) is 10.1. The van der Waals surface area contributed by atoms with Crippen LogP contribution in [-0.2, 0) is 14.3 Å². The summed E-state index contributed by atoms with van der Waals surface area (Å²) >= 11 is 0. The fraction of sp³-hybridized carbons (Fsp3) is 0.538. The molecule has 1 aromatic carbocycles. The third-order valence-corrected chi connectivity index (χ3v) is 3.84. The van der Waals surface area contributed by atoms with Crippen LogP contribution in [-0.4, -0.2) is 44.6 Å². The van der Waals surface area contributed by atoms with Crippen LogP contribution < -0.4 is 0 Å². The van der Waals surface area contributed by atoms with Gasteiger partial charge in [-0.2, -0.15) is 8.42 Å². The van der Waals surface area contributed by atoms with Crippen molar-refractivity contribution in [2.24, 2.45) is 0 Å². The first-order valence-electron chi connectivity index (χ1n) is 6.11. The van der Waals surface area contributed by atoms with E-state index in [0.717, 1.165) is 19.3 Å². The first-order valence-corrected chi connectivity index (χ1v) is 7.52. The van der Waals surface area contributed by atoms with Gasteiger partial charge in [-0.25, -0.2) is 0 Å². The zero-order valence-electron chi connectivity index (χ0n) is 10.3. The van der Waals surface area contributed by atoms with Crippen molar-refractivity contribution < 1.29 is 12.6 Å². The van der Waals surface area contributed by atoms with Crippen molar-refractivity contribution in [3.8, 4) is 0 Å². The van der Waals surface area contributed by atoms with Crippen molar-refractivity contribution in [1.29, 1.82) is 0 Å². The van der Waals surface area contributed by atoms with Gasteiger partial charge in [0.25, 0.3) is 10.1 Å². The van der Waals surface area contributed by atoms with Gasteiger partial charge in [0.1, 0.15) is 0 Å². The summed E-state index contributed by atoms with van der Waals surface area (Å²) in [5, 5.41) is 0. The van der Waals surface area contributed by atoms with Crippen molar-refractivity contribution in [2.45, 2.75) is 43.9 Å². The molecule has 0 fully saturated rings. The van der Waals surface area contributed by atoms with Crippen LogP contribution >= 0.6 is 0 Å². The van der Waals surface area contributed by atoms with Crippen LogP contribution in [0.4, 0.5) is 0 Å². The van der Waals surface area contributed by atoms with Crippen LogP contribution in [0.3, 0.4) is 0 Å². The van der Waals surface area contributed by atoms with Gasteiger partial charge in [0.05, 0.1) is 11.5 Å². The summed E-state index contributed by atoms with van der Waals surface area (Å²) in [6.45, 7) is 2.43. The van der Waals surface area contributed by atoms with Gasteiger partial charge >= 0.3 is 29.6 Å². The van der Waals surface area contributed by atoms with E-state index in [1.54, 1.807) is 30.3 Å². The molecule has 0 N–H and O–H groups in total. The molecule has 0 aliphatic rings. The fourth-order valence-corrected chi connectivity index (χ4v) is 2.49. The van der Waals surface area contributed by atoms with Crippen molar-refractivity contribution in [3.05, 3.63) is 30.3 Å². The Morgan fingerprint density at radius 3 is 2.22 bits per heavy atom. The Hall–Kier alpha value is 0.130. The minimum atomic E-state index is -3.55. The number of rotatable bonds is 8. The molecular formula is C13H21NaO3S. The van der Waals surface area contributed by atoms with Gasteiger partial charge in [0.15, 0.2) is 0 Å². The second-order valence-electron chi connectivity index (χ2n) is 4.00. The van der Waals surface area contributed by atoms with Crippen molar-refractivity contribution in [3.63, 3.8) is 0 Å². The summed E-state index contributed by atoms with van der Waals surface area (Å²) in [5.41, 5.74) is 0. The summed E-state index contributed by atoms with van der Waals surface area (Å²) in [7, 11) is -3.55. The van der Waals surface area contributed by atoms with Crippen LogP contribution in [0.25, 0.3) is 0 Å². The van der Waals surface area contributed by atoms with E-state index in [-0.39, 0.29) is 41.1 Å². The van der Waals surface area contributed by atoms with Crippen molar-refractivity contribution >= 4 is 39.7 Å². The van der Waals surface area contributed by atoms with E-state index in [4.69, 9.17) is 4.18 Å². The topological polar surface area (TPSA) is 43.4 Å². The zero-order valence-corrected chi connectivity index (χ0v) is 11.1. The first kappa shape index (κ1) is 18.1. The molecule has 0 saturated carbocycles. The van der Waals surface area contributed by atoms with Gasteiger partial charge in [-0.05, 0) is 18.6 Å². The Bertz CT molecular complexity index is 404. The van der Waals surface area contributed by atoms with Gasteiger partial charge in [0.2, 0.25) is 0 Å². The Labute approximate surface area is 132 Å². The average Bonchev–Trinajstić information content (AvgIpc) is 2.35. The molecule has 18 heavy (non-hydrogen) atoms. The minimum absolute atomic E-state index is 0. The molecule has 0 radical (unpaired) electrons. The molecular weight excluding hydrogens is 259 g/mol. The molecule has 0 spiro atoms. The van der Waals surface area contributed by atoms with Crippen molar-refractivity contribution in [1.82, 2.24) is 0 Å². The van der Waals surface area contributed by atoms with Crippen molar-refractivity contribution in [2.75, 3.05) is 6.61 Å². The van der Waals surface area contributed by atoms with Gasteiger partial charge in [-0.3, -0.25) is 4.18 Å². The maximum atomic E-state index is 11.7. The number of hydrogen-bond acceptors (Lipinski definition) is 3. The summed E-state index contributed by atoms with van der Waals surface area (Å²) in [6.07, 6.45) is 5.35. The number of unbranched alkanes of at least 4 members (excludes halogenated alkanes) is 4. The van der Waals surface area contributed by atoms with E-state index in [0.29, 0.717) is 0 Å². The monoisotopic (exact) mass is 280 g/mol. The van der Waals surface area contributed by atoms with Gasteiger partial charge in [-0.15, -0.1) is 0 Å². The van der Waals surface area contributed by atoms with Crippen LogP contribution in [0.5, 0.6) is 0 Å². The average molecular weight is 280 g/mol. The third kappa shape index (κ3) is 6.90.